The van der Waals surface area contributed by atoms with E-state index in [4.69, 9.17) is 9.47 Å². The molecule has 1 fully saturated rings. The molecular formula is C20H28N2O2. The number of methoxy groups -OCH3 is 1. The molecule has 1 unspecified atom stereocenters. The van der Waals surface area contributed by atoms with Crippen molar-refractivity contribution in [2.24, 2.45) is 0 Å². The van der Waals surface area contributed by atoms with E-state index in [1.54, 1.807) is 7.11 Å². The lowest BCUT2D eigenvalue weighted by molar-refractivity contribution is -0.0197. The minimum absolute atomic E-state index is 0.250. The largest absolute Gasteiger partial charge is 0.382 e. The molecule has 1 aliphatic rings. The number of aromatic nitrogens is 1. The van der Waals surface area contributed by atoms with Crippen molar-refractivity contribution in [3.63, 3.8) is 0 Å². The molecule has 0 bridgehead atoms. The Morgan fingerprint density at radius 3 is 2.88 bits per heavy atom. The molecule has 0 spiro atoms. The molecule has 0 radical (unpaired) electrons. The molecular weight excluding hydrogens is 300 g/mol. The highest BCUT2D eigenvalue weighted by Crippen LogP contribution is 2.27. The number of fused-ring (bicyclic) bond motifs is 1. The fourth-order valence-corrected chi connectivity index (χ4v) is 3.66. The van der Waals surface area contributed by atoms with Gasteiger partial charge in [0.1, 0.15) is 0 Å². The van der Waals surface area contributed by atoms with E-state index in [1.165, 1.54) is 30.2 Å². The minimum atomic E-state index is 0.250. The maximum absolute atomic E-state index is 6.06. The molecule has 1 heterocycles. The third kappa shape index (κ3) is 4.12. The van der Waals surface area contributed by atoms with Gasteiger partial charge < -0.3 is 14.8 Å². The Kier molecular flexibility index (Phi) is 6.18. The van der Waals surface area contributed by atoms with Gasteiger partial charge in [0.15, 0.2) is 0 Å². The number of benzene rings is 1. The maximum Gasteiger partial charge on any atom is 0.0749 e. The smallest absolute Gasteiger partial charge is 0.0749 e. The van der Waals surface area contributed by atoms with Crippen molar-refractivity contribution in [3.05, 3.63) is 42.1 Å². The summed E-state index contributed by atoms with van der Waals surface area (Å²) in [6.07, 6.45) is 6.96. The van der Waals surface area contributed by atoms with E-state index in [9.17, 15) is 0 Å². The van der Waals surface area contributed by atoms with Crippen LogP contribution in [0.2, 0.25) is 0 Å². The fourth-order valence-electron chi connectivity index (χ4n) is 3.66. The second kappa shape index (κ2) is 8.56. The first-order valence-electron chi connectivity index (χ1n) is 9.00. The zero-order valence-corrected chi connectivity index (χ0v) is 14.7. The molecule has 0 aliphatic heterocycles. The zero-order chi connectivity index (χ0) is 16.8. The van der Waals surface area contributed by atoms with E-state index in [-0.39, 0.29) is 12.1 Å². The lowest BCUT2D eigenvalue weighted by Gasteiger charge is -2.34. The van der Waals surface area contributed by atoms with Gasteiger partial charge in [-0.15, -0.1) is 0 Å². The van der Waals surface area contributed by atoms with Crippen LogP contribution in [0.5, 0.6) is 0 Å². The van der Waals surface area contributed by atoms with E-state index in [1.807, 2.05) is 12.3 Å². The number of hydrogen-bond acceptors (Lipinski definition) is 4. The summed E-state index contributed by atoms with van der Waals surface area (Å²) < 4.78 is 11.2. The molecule has 2 aromatic rings. The highest BCUT2D eigenvalue weighted by molar-refractivity contribution is 5.81. The van der Waals surface area contributed by atoms with Crippen LogP contribution in [0.1, 0.15) is 44.2 Å². The SMILES string of the molecule is COCCO[C@@H]1CCCC[C@H]1NC(C)c1cccc2cccnc12. The zero-order valence-electron chi connectivity index (χ0n) is 14.7. The fraction of sp³-hybridized carbons (Fsp3) is 0.550. The van der Waals surface area contributed by atoms with Gasteiger partial charge in [0.25, 0.3) is 0 Å². The van der Waals surface area contributed by atoms with E-state index in [0.29, 0.717) is 19.3 Å². The molecule has 4 nitrogen and oxygen atoms in total. The van der Waals surface area contributed by atoms with Crippen molar-refractivity contribution in [3.8, 4) is 0 Å². The number of ether oxygens (including phenoxy) is 2. The third-order valence-electron chi connectivity index (χ3n) is 4.92. The molecule has 130 valence electrons. The molecule has 0 saturated heterocycles. The van der Waals surface area contributed by atoms with Crippen LogP contribution < -0.4 is 5.32 Å². The first kappa shape index (κ1) is 17.3. The second-order valence-corrected chi connectivity index (χ2v) is 6.60. The Balaban J connectivity index is 1.70. The number of nitrogens with one attached hydrogen (secondary N) is 1. The van der Waals surface area contributed by atoms with Gasteiger partial charge in [-0.05, 0) is 31.4 Å². The molecule has 3 atom stereocenters. The third-order valence-corrected chi connectivity index (χ3v) is 4.92. The van der Waals surface area contributed by atoms with Crippen molar-refractivity contribution in [2.45, 2.75) is 50.8 Å². The molecule has 1 saturated carbocycles. The Hall–Kier alpha value is -1.49. The van der Waals surface area contributed by atoms with E-state index in [2.05, 4.69) is 41.5 Å². The van der Waals surface area contributed by atoms with Crippen LogP contribution in [0, 0.1) is 0 Å². The summed E-state index contributed by atoms with van der Waals surface area (Å²) in [5.41, 5.74) is 2.35. The van der Waals surface area contributed by atoms with Gasteiger partial charge in [0, 0.05) is 30.8 Å². The van der Waals surface area contributed by atoms with Gasteiger partial charge in [-0.25, -0.2) is 0 Å². The number of nitrogens with zero attached hydrogens (tertiary/aromatic N) is 1. The van der Waals surface area contributed by atoms with E-state index >= 15 is 0 Å². The topological polar surface area (TPSA) is 43.4 Å². The van der Waals surface area contributed by atoms with Crippen molar-refractivity contribution >= 4 is 10.9 Å². The summed E-state index contributed by atoms with van der Waals surface area (Å²) in [5, 5.41) is 4.99. The monoisotopic (exact) mass is 328 g/mol. The van der Waals surface area contributed by atoms with Crippen LogP contribution in [0.4, 0.5) is 0 Å². The van der Waals surface area contributed by atoms with E-state index in [0.717, 1.165) is 11.9 Å². The summed E-state index contributed by atoms with van der Waals surface area (Å²) in [6, 6.07) is 11.2. The van der Waals surface area contributed by atoms with Crippen LogP contribution in [0.25, 0.3) is 10.9 Å². The standard InChI is InChI=1S/C20H28N2O2/c1-15(17-9-5-7-16-8-6-12-21-20(16)17)22-18-10-3-4-11-19(18)24-14-13-23-2/h5-9,12,15,18-19,22H,3-4,10-11,13-14H2,1-2H3/t15?,18-,19-/m1/s1. The van der Waals surface area contributed by atoms with Crippen LogP contribution in [-0.4, -0.2) is 37.5 Å². The lowest BCUT2D eigenvalue weighted by Crippen LogP contribution is -2.45. The second-order valence-electron chi connectivity index (χ2n) is 6.60. The Bertz CT molecular complexity index is 641. The van der Waals surface area contributed by atoms with Gasteiger partial charge >= 0.3 is 0 Å². The molecule has 1 N–H and O–H groups in total. The van der Waals surface area contributed by atoms with Crippen molar-refractivity contribution in [2.75, 3.05) is 20.3 Å². The van der Waals surface area contributed by atoms with Gasteiger partial charge in [0.2, 0.25) is 0 Å². The number of hydrogen-bond donors (Lipinski definition) is 1. The average Bonchev–Trinajstić information content (AvgIpc) is 2.63. The number of rotatable bonds is 7. The summed E-state index contributed by atoms with van der Waals surface area (Å²) in [4.78, 5) is 4.59. The average molecular weight is 328 g/mol. The van der Waals surface area contributed by atoms with Crippen molar-refractivity contribution in [1.82, 2.24) is 10.3 Å². The predicted octanol–water partition coefficient (Wildman–Crippen LogP) is 3.86. The molecule has 4 heteroatoms. The summed E-state index contributed by atoms with van der Waals surface area (Å²) in [5.74, 6) is 0. The van der Waals surface area contributed by atoms with Crippen LogP contribution >= 0.6 is 0 Å². The van der Waals surface area contributed by atoms with Crippen molar-refractivity contribution < 1.29 is 9.47 Å². The van der Waals surface area contributed by atoms with Gasteiger partial charge in [-0.3, -0.25) is 4.98 Å². The highest BCUT2D eigenvalue weighted by atomic mass is 16.5. The van der Waals surface area contributed by atoms with Gasteiger partial charge in [0.05, 0.1) is 24.8 Å². The number of pyridine rings is 1. The Labute approximate surface area is 144 Å². The molecule has 3 rings (SSSR count). The van der Waals surface area contributed by atoms with Gasteiger partial charge in [-0.2, -0.15) is 0 Å². The Morgan fingerprint density at radius 2 is 2.00 bits per heavy atom. The lowest BCUT2D eigenvalue weighted by atomic mass is 9.91. The van der Waals surface area contributed by atoms with Crippen molar-refractivity contribution in [1.29, 1.82) is 0 Å². The first-order valence-corrected chi connectivity index (χ1v) is 9.00. The maximum atomic E-state index is 6.06. The molecule has 1 aromatic heterocycles. The summed E-state index contributed by atoms with van der Waals surface area (Å²) in [6.45, 7) is 3.56. The van der Waals surface area contributed by atoms with Crippen LogP contribution in [0.15, 0.2) is 36.5 Å². The van der Waals surface area contributed by atoms with Gasteiger partial charge in [-0.1, -0.05) is 37.1 Å². The normalized spacial score (nSPS) is 22.6. The molecule has 0 amide bonds. The highest BCUT2D eigenvalue weighted by Gasteiger charge is 2.27. The Morgan fingerprint density at radius 1 is 1.17 bits per heavy atom. The van der Waals surface area contributed by atoms with Crippen LogP contribution in [0.3, 0.4) is 0 Å². The van der Waals surface area contributed by atoms with Crippen LogP contribution in [-0.2, 0) is 9.47 Å². The molecule has 24 heavy (non-hydrogen) atoms. The first-order chi connectivity index (χ1) is 11.8. The predicted molar refractivity (Wildman–Crippen MR) is 97.2 cm³/mol. The quantitative estimate of drug-likeness (QED) is 0.784. The molecule has 1 aromatic carbocycles. The summed E-state index contributed by atoms with van der Waals surface area (Å²) in [7, 11) is 1.72. The summed E-state index contributed by atoms with van der Waals surface area (Å²) >= 11 is 0. The van der Waals surface area contributed by atoms with E-state index < -0.39 is 0 Å². The number of para-hydroxylation sites is 1. The minimum Gasteiger partial charge on any atom is -0.382 e. The molecule has 1 aliphatic carbocycles.